The van der Waals surface area contributed by atoms with Gasteiger partial charge in [0.15, 0.2) is 0 Å². The smallest absolute Gasteiger partial charge is 0.293 e. The van der Waals surface area contributed by atoms with Crippen LogP contribution in [0.15, 0.2) is 79.5 Å². The topological polar surface area (TPSA) is 106 Å². The van der Waals surface area contributed by atoms with Gasteiger partial charge in [-0.3, -0.25) is 19.9 Å². The summed E-state index contributed by atoms with van der Waals surface area (Å²) < 4.78 is 5.45. The summed E-state index contributed by atoms with van der Waals surface area (Å²) in [6, 6.07) is 16.4. The fourth-order valence-corrected chi connectivity index (χ4v) is 2.91. The fourth-order valence-electron chi connectivity index (χ4n) is 2.91. The van der Waals surface area contributed by atoms with Crippen LogP contribution in [0.5, 0.6) is 5.75 Å². The molecule has 0 fully saturated rings. The number of nitro groups is 1. The summed E-state index contributed by atoms with van der Waals surface area (Å²) in [5, 5.41) is 17.4. The van der Waals surface area contributed by atoms with Crippen molar-refractivity contribution < 1.29 is 14.5 Å². The molecule has 8 heteroatoms. The average Bonchev–Trinajstić information content (AvgIpc) is 2.78. The van der Waals surface area contributed by atoms with Crippen molar-refractivity contribution >= 4 is 23.0 Å². The minimum atomic E-state index is -0.520. The van der Waals surface area contributed by atoms with Gasteiger partial charge in [0.1, 0.15) is 18.0 Å². The number of aromatic nitrogens is 1. The number of pyridine rings is 1. The van der Waals surface area contributed by atoms with Gasteiger partial charge >= 0.3 is 0 Å². The molecule has 0 aliphatic carbocycles. The first-order valence-electron chi connectivity index (χ1n) is 9.59. The molecule has 158 valence electrons. The zero-order valence-corrected chi connectivity index (χ0v) is 16.9. The Hall–Kier alpha value is -4.20. The van der Waals surface area contributed by atoms with Crippen molar-refractivity contribution in [1.82, 2.24) is 4.98 Å². The van der Waals surface area contributed by atoms with Crippen LogP contribution < -0.4 is 15.4 Å². The van der Waals surface area contributed by atoms with Gasteiger partial charge in [0.05, 0.1) is 16.7 Å². The third-order valence-corrected chi connectivity index (χ3v) is 4.42. The Balaban J connectivity index is 1.78. The third kappa shape index (κ3) is 5.66. The Morgan fingerprint density at radius 3 is 2.77 bits per heavy atom. The number of benzene rings is 2. The van der Waals surface area contributed by atoms with Crippen molar-refractivity contribution in [2.75, 3.05) is 17.2 Å². The maximum absolute atomic E-state index is 12.6. The van der Waals surface area contributed by atoms with E-state index in [-0.39, 0.29) is 17.3 Å². The number of nitrogens with zero attached hydrogens (tertiary/aromatic N) is 2. The zero-order valence-electron chi connectivity index (χ0n) is 16.9. The maximum atomic E-state index is 12.6. The molecule has 0 aliphatic heterocycles. The highest BCUT2D eigenvalue weighted by Crippen LogP contribution is 2.29. The molecular weight excluding hydrogens is 396 g/mol. The molecule has 0 bridgehead atoms. The van der Waals surface area contributed by atoms with Crippen LogP contribution in [0.4, 0.5) is 17.1 Å². The minimum absolute atomic E-state index is 0.167. The van der Waals surface area contributed by atoms with Gasteiger partial charge in [-0.15, -0.1) is 0 Å². The highest BCUT2D eigenvalue weighted by Gasteiger charge is 2.20. The molecule has 2 N–H and O–H groups in total. The number of nitrogens with one attached hydrogen (secondary N) is 2. The molecule has 0 saturated heterocycles. The van der Waals surface area contributed by atoms with Crippen molar-refractivity contribution in [2.45, 2.75) is 13.0 Å². The molecule has 1 aromatic heterocycles. The van der Waals surface area contributed by atoms with Crippen LogP contribution in [-0.2, 0) is 0 Å². The van der Waals surface area contributed by atoms with E-state index in [1.807, 2.05) is 19.1 Å². The number of nitro benzene ring substituents is 1. The van der Waals surface area contributed by atoms with Gasteiger partial charge in [0.25, 0.3) is 11.6 Å². The highest BCUT2D eigenvalue weighted by molar-refractivity contribution is 6.05. The molecule has 1 unspecified atom stereocenters. The molecule has 1 amide bonds. The van der Waals surface area contributed by atoms with Crippen LogP contribution in [0.1, 0.15) is 29.0 Å². The Morgan fingerprint density at radius 1 is 1.23 bits per heavy atom. The number of hydrogen-bond acceptors (Lipinski definition) is 6. The molecule has 0 radical (unpaired) electrons. The predicted molar refractivity (Wildman–Crippen MR) is 119 cm³/mol. The first kappa shape index (κ1) is 21.5. The van der Waals surface area contributed by atoms with E-state index in [1.165, 1.54) is 18.2 Å². The molecule has 0 aliphatic rings. The average molecular weight is 418 g/mol. The van der Waals surface area contributed by atoms with Crippen LogP contribution in [0, 0.1) is 10.1 Å². The number of hydrogen-bond donors (Lipinski definition) is 2. The molecule has 0 saturated carbocycles. The number of carbonyl (C=O) groups is 1. The summed E-state index contributed by atoms with van der Waals surface area (Å²) >= 11 is 0. The van der Waals surface area contributed by atoms with Gasteiger partial charge in [-0.1, -0.05) is 24.8 Å². The largest absolute Gasteiger partial charge is 0.489 e. The summed E-state index contributed by atoms with van der Waals surface area (Å²) in [7, 11) is 0. The van der Waals surface area contributed by atoms with Crippen LogP contribution in [-0.4, -0.2) is 22.4 Å². The normalized spacial score (nSPS) is 11.3. The van der Waals surface area contributed by atoms with E-state index in [4.69, 9.17) is 4.74 Å². The number of amides is 1. The van der Waals surface area contributed by atoms with E-state index in [1.54, 1.807) is 42.6 Å². The quantitative estimate of drug-likeness (QED) is 0.288. The molecular formula is C23H22N4O4. The summed E-state index contributed by atoms with van der Waals surface area (Å²) in [6.45, 7) is 5.79. The highest BCUT2D eigenvalue weighted by atomic mass is 16.6. The zero-order chi connectivity index (χ0) is 22.2. The van der Waals surface area contributed by atoms with Crippen LogP contribution in [0.3, 0.4) is 0 Å². The van der Waals surface area contributed by atoms with Gasteiger partial charge in [-0.05, 0) is 43.3 Å². The number of anilines is 2. The number of carbonyl (C=O) groups excluding carboxylic acids is 1. The fraction of sp³-hybridized carbons (Fsp3) is 0.130. The van der Waals surface area contributed by atoms with Crippen molar-refractivity contribution in [3.05, 3.63) is 101 Å². The monoisotopic (exact) mass is 418 g/mol. The minimum Gasteiger partial charge on any atom is -0.489 e. The van der Waals surface area contributed by atoms with Crippen molar-refractivity contribution in [2.24, 2.45) is 0 Å². The van der Waals surface area contributed by atoms with Gasteiger partial charge < -0.3 is 15.4 Å². The summed E-state index contributed by atoms with van der Waals surface area (Å²) in [5.41, 5.74) is 1.54. The van der Waals surface area contributed by atoms with Crippen LogP contribution >= 0.6 is 0 Å². The lowest BCUT2D eigenvalue weighted by molar-refractivity contribution is -0.384. The van der Waals surface area contributed by atoms with E-state index in [0.29, 0.717) is 23.7 Å². The molecule has 31 heavy (non-hydrogen) atoms. The van der Waals surface area contributed by atoms with Crippen molar-refractivity contribution in [3.63, 3.8) is 0 Å². The molecule has 3 rings (SSSR count). The molecule has 3 aromatic rings. The summed E-state index contributed by atoms with van der Waals surface area (Å²) in [6.07, 6.45) is 3.28. The van der Waals surface area contributed by atoms with E-state index in [9.17, 15) is 14.9 Å². The van der Waals surface area contributed by atoms with Crippen LogP contribution in [0.2, 0.25) is 0 Å². The van der Waals surface area contributed by atoms with Gasteiger partial charge in [-0.2, -0.15) is 0 Å². The molecule has 1 heterocycles. The predicted octanol–water partition coefficient (Wildman–Crippen LogP) is 4.98. The Kier molecular flexibility index (Phi) is 6.95. The van der Waals surface area contributed by atoms with Crippen LogP contribution in [0.25, 0.3) is 0 Å². The maximum Gasteiger partial charge on any atom is 0.293 e. The second kappa shape index (κ2) is 10.0. The molecule has 2 aromatic carbocycles. The molecule has 8 nitrogen and oxygen atoms in total. The van der Waals surface area contributed by atoms with Gasteiger partial charge in [0.2, 0.25) is 0 Å². The Bertz CT molecular complexity index is 1090. The van der Waals surface area contributed by atoms with Crippen molar-refractivity contribution in [1.29, 1.82) is 0 Å². The summed E-state index contributed by atoms with van der Waals surface area (Å²) in [5.74, 6) is 0.111. The van der Waals surface area contributed by atoms with E-state index in [0.717, 1.165) is 5.69 Å². The Morgan fingerprint density at radius 2 is 2.06 bits per heavy atom. The lowest BCUT2D eigenvalue weighted by atomic mass is 10.1. The van der Waals surface area contributed by atoms with E-state index in [2.05, 4.69) is 22.2 Å². The second-order valence-electron chi connectivity index (χ2n) is 6.69. The van der Waals surface area contributed by atoms with Gasteiger partial charge in [0, 0.05) is 29.6 Å². The molecule has 0 spiro atoms. The SMILES string of the molecule is C=CCOc1cccc(NC(=O)c2ccc(NC(C)c3ccccn3)c([N+](=O)[O-])c2)c1. The van der Waals surface area contributed by atoms with E-state index >= 15 is 0 Å². The summed E-state index contributed by atoms with van der Waals surface area (Å²) in [4.78, 5) is 28.0. The van der Waals surface area contributed by atoms with E-state index < -0.39 is 10.8 Å². The van der Waals surface area contributed by atoms with Gasteiger partial charge in [-0.25, -0.2) is 0 Å². The van der Waals surface area contributed by atoms with Crippen molar-refractivity contribution in [3.8, 4) is 5.75 Å². The lowest BCUT2D eigenvalue weighted by Crippen LogP contribution is -2.14. The lowest BCUT2D eigenvalue weighted by Gasteiger charge is -2.15. The first-order valence-corrected chi connectivity index (χ1v) is 9.59. The standard InChI is InChI=1S/C23H22N4O4/c1-3-13-31-19-8-6-7-18(15-19)26-23(28)17-10-11-21(22(14-17)27(29)30)25-16(2)20-9-4-5-12-24-20/h3-12,14-16,25H,1,13H2,2H3,(H,26,28). The molecule has 1 atom stereocenters. The first-order chi connectivity index (χ1) is 15.0. The Labute approximate surface area is 179 Å². The second-order valence-corrected chi connectivity index (χ2v) is 6.69. The third-order valence-electron chi connectivity index (χ3n) is 4.42. The number of rotatable bonds is 9. The number of ether oxygens (including phenoxy) is 1.